The minimum Gasteiger partial charge on any atom is -0.496 e. The molecule has 2 nitrogen and oxygen atoms in total. The molecule has 0 spiro atoms. The largest absolute Gasteiger partial charge is 0.496 e. The first-order valence-electron chi connectivity index (χ1n) is 8.17. The molecule has 0 heterocycles. The average molecular weight is 357 g/mol. The predicted molar refractivity (Wildman–Crippen MR) is 93.0 cm³/mol. The second-order valence-corrected chi connectivity index (χ2v) is 6.64. The molecule has 1 N–H and O–H groups in total. The molecule has 1 rings (SSSR count). The van der Waals surface area contributed by atoms with Gasteiger partial charge in [0.2, 0.25) is 0 Å². The van der Waals surface area contributed by atoms with Gasteiger partial charge in [0.1, 0.15) is 5.75 Å². The van der Waals surface area contributed by atoms with E-state index in [2.05, 4.69) is 22.9 Å². The first kappa shape index (κ1) is 18.5. The lowest BCUT2D eigenvalue weighted by atomic mass is 10.0. The van der Waals surface area contributed by atoms with Crippen molar-refractivity contribution < 1.29 is 9.84 Å². The highest BCUT2D eigenvalue weighted by Crippen LogP contribution is 2.25. The third-order valence-corrected chi connectivity index (χ3v) is 4.33. The summed E-state index contributed by atoms with van der Waals surface area (Å²) in [7, 11) is 1.68. The van der Waals surface area contributed by atoms with Crippen molar-refractivity contribution in [1.29, 1.82) is 0 Å². The smallest absolute Gasteiger partial charge is 0.122 e. The lowest BCUT2D eigenvalue weighted by molar-refractivity contribution is 0.160. The van der Waals surface area contributed by atoms with Crippen molar-refractivity contribution in [3.8, 4) is 5.75 Å². The second kappa shape index (κ2) is 11.1. The van der Waals surface area contributed by atoms with Gasteiger partial charge in [-0.15, -0.1) is 0 Å². The van der Waals surface area contributed by atoms with Gasteiger partial charge in [-0.25, -0.2) is 0 Å². The quantitative estimate of drug-likeness (QED) is 0.530. The summed E-state index contributed by atoms with van der Waals surface area (Å²) in [5.74, 6) is 0.858. The van der Waals surface area contributed by atoms with Gasteiger partial charge in [0.05, 0.1) is 13.2 Å². The van der Waals surface area contributed by atoms with Crippen LogP contribution in [0.5, 0.6) is 5.75 Å². The summed E-state index contributed by atoms with van der Waals surface area (Å²) in [5, 5.41) is 10.2. The number of methoxy groups -OCH3 is 1. The predicted octanol–water partition coefficient (Wildman–Crippen LogP) is 5.50. The number of unbranched alkanes of at least 4 members (excludes halogenated alkanes) is 6. The van der Waals surface area contributed by atoms with Crippen LogP contribution in [0.15, 0.2) is 22.7 Å². The summed E-state index contributed by atoms with van der Waals surface area (Å²) in [5.41, 5.74) is 1.07. The van der Waals surface area contributed by atoms with Crippen LogP contribution < -0.4 is 4.74 Å². The lowest BCUT2D eigenvalue weighted by Gasteiger charge is -2.14. The van der Waals surface area contributed by atoms with Crippen molar-refractivity contribution in [2.75, 3.05) is 7.11 Å². The van der Waals surface area contributed by atoms with Gasteiger partial charge in [-0.2, -0.15) is 0 Å². The van der Waals surface area contributed by atoms with Crippen LogP contribution in [0.2, 0.25) is 0 Å². The SMILES string of the molecule is CCCCCCCCCC(O)Cc1cc(Br)ccc1OC. The summed E-state index contributed by atoms with van der Waals surface area (Å²) in [6.45, 7) is 2.24. The Bertz CT molecular complexity index is 393. The Morgan fingerprint density at radius 3 is 2.43 bits per heavy atom. The third kappa shape index (κ3) is 7.87. The topological polar surface area (TPSA) is 29.5 Å². The van der Waals surface area contributed by atoms with E-state index < -0.39 is 0 Å². The maximum absolute atomic E-state index is 10.2. The summed E-state index contributed by atoms with van der Waals surface area (Å²) < 4.78 is 6.38. The van der Waals surface area contributed by atoms with E-state index >= 15 is 0 Å². The molecule has 1 atom stereocenters. The zero-order valence-corrected chi connectivity index (χ0v) is 15.0. The molecule has 120 valence electrons. The first-order valence-corrected chi connectivity index (χ1v) is 8.97. The standard InChI is InChI=1S/C18H29BrO2/c1-3-4-5-6-7-8-9-10-17(20)14-15-13-16(19)11-12-18(15)21-2/h11-13,17,20H,3-10,14H2,1-2H3. The zero-order valence-electron chi connectivity index (χ0n) is 13.4. The van der Waals surface area contributed by atoms with E-state index in [1.807, 2.05) is 18.2 Å². The first-order chi connectivity index (χ1) is 10.2. The van der Waals surface area contributed by atoms with Crippen LogP contribution in [0.1, 0.15) is 63.9 Å². The van der Waals surface area contributed by atoms with Crippen LogP contribution in [-0.2, 0) is 6.42 Å². The molecule has 0 bridgehead atoms. The fourth-order valence-electron chi connectivity index (χ4n) is 2.60. The van der Waals surface area contributed by atoms with Gasteiger partial charge in [0.25, 0.3) is 0 Å². The van der Waals surface area contributed by atoms with E-state index in [-0.39, 0.29) is 6.10 Å². The fourth-order valence-corrected chi connectivity index (χ4v) is 3.01. The number of benzene rings is 1. The Labute approximate surface area is 138 Å². The molecule has 0 saturated heterocycles. The molecule has 0 aliphatic rings. The number of rotatable bonds is 11. The molecule has 0 aliphatic carbocycles. The number of hydrogen-bond acceptors (Lipinski definition) is 2. The molecule has 0 aliphatic heterocycles. The van der Waals surface area contributed by atoms with E-state index in [0.29, 0.717) is 6.42 Å². The molecule has 1 aromatic rings. The van der Waals surface area contributed by atoms with E-state index in [4.69, 9.17) is 4.74 Å². The van der Waals surface area contributed by atoms with Crippen LogP contribution in [0.25, 0.3) is 0 Å². The minimum atomic E-state index is -0.274. The Balaban J connectivity index is 2.24. The highest BCUT2D eigenvalue weighted by Gasteiger charge is 2.10. The van der Waals surface area contributed by atoms with Crippen molar-refractivity contribution in [1.82, 2.24) is 0 Å². The van der Waals surface area contributed by atoms with Crippen LogP contribution in [-0.4, -0.2) is 18.3 Å². The highest BCUT2D eigenvalue weighted by molar-refractivity contribution is 9.10. The van der Waals surface area contributed by atoms with Crippen LogP contribution in [0.4, 0.5) is 0 Å². The molecule has 0 fully saturated rings. The van der Waals surface area contributed by atoms with Gasteiger partial charge >= 0.3 is 0 Å². The van der Waals surface area contributed by atoms with Gasteiger partial charge in [-0.1, -0.05) is 67.8 Å². The monoisotopic (exact) mass is 356 g/mol. The highest BCUT2D eigenvalue weighted by atomic mass is 79.9. The van der Waals surface area contributed by atoms with Crippen molar-refractivity contribution >= 4 is 15.9 Å². The number of ether oxygens (including phenoxy) is 1. The van der Waals surface area contributed by atoms with Crippen LogP contribution in [0, 0.1) is 0 Å². The van der Waals surface area contributed by atoms with Gasteiger partial charge in [-0.05, 0) is 30.2 Å². The summed E-state index contributed by atoms with van der Waals surface area (Å²) in [6, 6.07) is 5.94. The van der Waals surface area contributed by atoms with E-state index in [0.717, 1.165) is 28.6 Å². The third-order valence-electron chi connectivity index (χ3n) is 3.84. The summed E-state index contributed by atoms with van der Waals surface area (Å²) in [6.07, 6.45) is 10.3. The zero-order chi connectivity index (χ0) is 15.5. The Morgan fingerprint density at radius 2 is 1.76 bits per heavy atom. The van der Waals surface area contributed by atoms with Gasteiger partial charge in [0.15, 0.2) is 0 Å². The van der Waals surface area contributed by atoms with E-state index in [1.165, 1.54) is 38.5 Å². The van der Waals surface area contributed by atoms with Crippen LogP contribution >= 0.6 is 15.9 Å². The molecular weight excluding hydrogens is 328 g/mol. The van der Waals surface area contributed by atoms with Crippen LogP contribution in [0.3, 0.4) is 0 Å². The fraction of sp³-hybridized carbons (Fsp3) is 0.667. The average Bonchev–Trinajstić information content (AvgIpc) is 2.46. The molecule has 1 unspecified atom stereocenters. The van der Waals surface area contributed by atoms with Gasteiger partial charge in [-0.3, -0.25) is 0 Å². The number of aliphatic hydroxyl groups is 1. The summed E-state index contributed by atoms with van der Waals surface area (Å²) in [4.78, 5) is 0. The van der Waals surface area contributed by atoms with Crippen molar-refractivity contribution in [2.45, 2.75) is 70.8 Å². The van der Waals surface area contributed by atoms with Gasteiger partial charge in [0, 0.05) is 10.9 Å². The second-order valence-electron chi connectivity index (χ2n) is 5.72. The van der Waals surface area contributed by atoms with Crippen molar-refractivity contribution in [2.24, 2.45) is 0 Å². The van der Waals surface area contributed by atoms with E-state index in [1.54, 1.807) is 7.11 Å². The van der Waals surface area contributed by atoms with Crippen molar-refractivity contribution in [3.63, 3.8) is 0 Å². The molecule has 0 amide bonds. The Kier molecular flexibility index (Phi) is 9.77. The van der Waals surface area contributed by atoms with E-state index in [9.17, 15) is 5.11 Å². The van der Waals surface area contributed by atoms with Gasteiger partial charge < -0.3 is 9.84 Å². The molecular formula is C18H29BrO2. The molecule has 0 radical (unpaired) electrons. The summed E-state index contributed by atoms with van der Waals surface area (Å²) >= 11 is 3.47. The normalized spacial score (nSPS) is 12.4. The molecule has 21 heavy (non-hydrogen) atoms. The maximum atomic E-state index is 10.2. The number of hydrogen-bond donors (Lipinski definition) is 1. The lowest BCUT2D eigenvalue weighted by Crippen LogP contribution is -2.11. The van der Waals surface area contributed by atoms with Crippen molar-refractivity contribution in [3.05, 3.63) is 28.2 Å². The number of halogens is 1. The molecule has 0 saturated carbocycles. The minimum absolute atomic E-state index is 0.274. The molecule has 1 aromatic carbocycles. The Morgan fingerprint density at radius 1 is 1.10 bits per heavy atom. The maximum Gasteiger partial charge on any atom is 0.122 e. The number of aliphatic hydroxyl groups excluding tert-OH is 1. The molecule has 3 heteroatoms. The molecule has 0 aromatic heterocycles. The Hall–Kier alpha value is -0.540.